The van der Waals surface area contributed by atoms with Crippen LogP contribution in [0.3, 0.4) is 0 Å². The molecule has 2 aromatic rings. The van der Waals surface area contributed by atoms with Gasteiger partial charge in [0, 0.05) is 54.2 Å². The van der Waals surface area contributed by atoms with Gasteiger partial charge in [-0.2, -0.15) is 0 Å². The van der Waals surface area contributed by atoms with Crippen LogP contribution in [0.2, 0.25) is 0 Å². The molecule has 2 saturated heterocycles. The zero-order valence-electron chi connectivity index (χ0n) is 32.4. The Hall–Kier alpha value is -4.51. The van der Waals surface area contributed by atoms with Crippen molar-refractivity contribution in [1.29, 1.82) is 0 Å². The Bertz CT molecular complexity index is 2110. The van der Waals surface area contributed by atoms with E-state index >= 15 is 0 Å². The molecule has 8 rings (SSSR count). The maximum Gasteiger partial charge on any atom is 0.307 e. The van der Waals surface area contributed by atoms with Crippen LogP contribution in [0.4, 0.5) is 0 Å². The lowest BCUT2D eigenvalue weighted by atomic mass is 9.92. The summed E-state index contributed by atoms with van der Waals surface area (Å²) >= 11 is 1.21. The van der Waals surface area contributed by atoms with Crippen LogP contribution in [0.15, 0.2) is 35.7 Å². The van der Waals surface area contributed by atoms with Crippen molar-refractivity contribution in [2.45, 2.75) is 101 Å². The second-order valence-electron chi connectivity index (χ2n) is 17.2. The second kappa shape index (κ2) is 15.0. The highest BCUT2D eigenvalue weighted by atomic mass is 32.2. The molecule has 0 bridgehead atoms. The van der Waals surface area contributed by atoms with E-state index in [2.05, 4.69) is 15.0 Å². The second-order valence-corrected chi connectivity index (χ2v) is 20.0. The number of allylic oxidation sites excluding steroid dienone is 1. The van der Waals surface area contributed by atoms with E-state index in [4.69, 9.17) is 14.2 Å². The molecule has 306 valence electrons. The van der Waals surface area contributed by atoms with Crippen molar-refractivity contribution in [3.05, 3.63) is 40.7 Å². The smallest absolute Gasteiger partial charge is 0.307 e. The molecule has 4 amide bonds. The van der Waals surface area contributed by atoms with Crippen LogP contribution >= 0.6 is 11.3 Å². The van der Waals surface area contributed by atoms with Gasteiger partial charge in [0.2, 0.25) is 28.6 Å². The Balaban J connectivity index is 1.06. The van der Waals surface area contributed by atoms with Gasteiger partial charge in [0.05, 0.1) is 17.4 Å². The van der Waals surface area contributed by atoms with Crippen molar-refractivity contribution >= 4 is 51.0 Å². The minimum Gasteiger partial charge on any atom is -0.460 e. The number of rotatable bonds is 7. The van der Waals surface area contributed by atoms with E-state index in [1.807, 2.05) is 24.3 Å². The van der Waals surface area contributed by atoms with E-state index in [1.165, 1.54) is 16.2 Å². The maximum atomic E-state index is 14.7. The van der Waals surface area contributed by atoms with Gasteiger partial charge in [-0.05, 0) is 77.5 Å². The van der Waals surface area contributed by atoms with Gasteiger partial charge in [-0.15, -0.1) is 11.3 Å². The number of benzene rings is 1. The van der Waals surface area contributed by atoms with Crippen molar-refractivity contribution in [3.8, 4) is 22.8 Å². The van der Waals surface area contributed by atoms with Gasteiger partial charge < -0.3 is 29.3 Å². The first kappa shape index (κ1) is 39.3. The summed E-state index contributed by atoms with van der Waals surface area (Å²) in [6.07, 6.45) is 8.25. The Morgan fingerprint density at radius 1 is 1.05 bits per heavy atom. The summed E-state index contributed by atoms with van der Waals surface area (Å²) in [5, 5.41) is 4.38. The standard InChI is InChI=1S/C40H49N5O10S2/c1-39(2,3)55-32(46)16-24-9-7-5-4-6-8-10-26-17-40(26,38(50)43-57(51,52)27-12-13-27)42-34(47)33-28-20-44(18-25(28)19-45(33)36(24)48)37(49)35-41-29(21-56-35)23-11-14-30-31(15-23)54-22-53-30/h8,10-11,14-15,21,24-28,33H,4-7,9,12-13,16-20,22H2,1-3H3,(H,42,47)(H,43,50)/b10-8-/t24-,25+,26-,28+,33+,40-/m1/s1. The number of hydrogen-bond acceptors (Lipinski definition) is 12. The molecule has 1 aromatic carbocycles. The van der Waals surface area contributed by atoms with Crippen LogP contribution in [-0.2, 0) is 33.9 Å². The van der Waals surface area contributed by atoms with Crippen LogP contribution in [0, 0.1) is 23.7 Å². The van der Waals surface area contributed by atoms with Crippen LogP contribution in [0.1, 0.15) is 88.4 Å². The summed E-state index contributed by atoms with van der Waals surface area (Å²) in [5.74, 6) is -3.25. The number of carbonyl (C=O) groups excluding carboxylic acids is 5. The van der Waals surface area contributed by atoms with E-state index in [0.717, 1.165) is 18.4 Å². The molecule has 15 nitrogen and oxygen atoms in total. The van der Waals surface area contributed by atoms with Gasteiger partial charge >= 0.3 is 5.97 Å². The highest BCUT2D eigenvalue weighted by Crippen LogP contribution is 2.47. The third-order valence-electron chi connectivity index (χ3n) is 11.8. The molecule has 5 heterocycles. The van der Waals surface area contributed by atoms with E-state index in [1.54, 1.807) is 37.1 Å². The van der Waals surface area contributed by atoms with Gasteiger partial charge in [-0.25, -0.2) is 13.4 Å². The van der Waals surface area contributed by atoms with Crippen molar-refractivity contribution in [2.75, 3.05) is 26.4 Å². The monoisotopic (exact) mass is 823 g/mol. The minimum atomic E-state index is -3.91. The molecule has 2 saturated carbocycles. The number of ether oxygens (including phenoxy) is 3. The van der Waals surface area contributed by atoms with Crippen molar-refractivity contribution in [1.82, 2.24) is 24.8 Å². The van der Waals surface area contributed by atoms with Crippen LogP contribution in [0.25, 0.3) is 11.3 Å². The number of carbonyl (C=O) groups is 5. The van der Waals surface area contributed by atoms with Gasteiger partial charge in [0.1, 0.15) is 17.2 Å². The third-order valence-corrected chi connectivity index (χ3v) is 14.4. The molecule has 2 aliphatic carbocycles. The molecule has 17 heteroatoms. The van der Waals surface area contributed by atoms with Gasteiger partial charge in [0.25, 0.3) is 11.8 Å². The Labute approximate surface area is 335 Å². The molecule has 0 spiro atoms. The Morgan fingerprint density at radius 2 is 1.84 bits per heavy atom. The number of sulfonamides is 1. The molecule has 2 N–H and O–H groups in total. The normalized spacial score (nSPS) is 29.3. The topological polar surface area (TPSA) is 191 Å². The first-order chi connectivity index (χ1) is 27.1. The maximum absolute atomic E-state index is 14.7. The van der Waals surface area contributed by atoms with E-state index < -0.39 is 68.0 Å². The lowest BCUT2D eigenvalue weighted by Crippen LogP contribution is -2.58. The minimum absolute atomic E-state index is 0.136. The van der Waals surface area contributed by atoms with E-state index in [-0.39, 0.29) is 62.0 Å². The highest BCUT2D eigenvalue weighted by Gasteiger charge is 2.63. The van der Waals surface area contributed by atoms with Crippen LogP contribution in [0.5, 0.6) is 11.5 Å². The number of aromatic nitrogens is 1. The van der Waals surface area contributed by atoms with Gasteiger partial charge in [-0.3, -0.25) is 28.7 Å². The summed E-state index contributed by atoms with van der Waals surface area (Å²) in [6, 6.07) is 4.38. The number of amides is 4. The molecular formula is C40H49N5O10S2. The van der Waals surface area contributed by atoms with Gasteiger partial charge in [-0.1, -0.05) is 25.0 Å². The molecule has 6 aliphatic rings. The number of likely N-dealkylation sites (tertiary alicyclic amines) is 1. The Kier molecular flexibility index (Phi) is 10.4. The molecule has 0 radical (unpaired) electrons. The van der Waals surface area contributed by atoms with E-state index in [0.29, 0.717) is 49.3 Å². The predicted molar refractivity (Wildman–Crippen MR) is 207 cm³/mol. The van der Waals surface area contributed by atoms with Gasteiger partial charge in [0.15, 0.2) is 16.5 Å². The Morgan fingerprint density at radius 3 is 2.61 bits per heavy atom. The average Bonchev–Trinajstić information content (AvgIpc) is 3.83. The number of hydrogen-bond donors (Lipinski definition) is 2. The zero-order chi connectivity index (χ0) is 40.3. The first-order valence-electron chi connectivity index (χ1n) is 19.8. The average molecular weight is 824 g/mol. The zero-order valence-corrected chi connectivity index (χ0v) is 34.0. The number of fused-ring (bicyclic) bond motifs is 5. The quantitative estimate of drug-likeness (QED) is 0.305. The molecule has 0 unspecified atom stereocenters. The summed E-state index contributed by atoms with van der Waals surface area (Å²) in [5.41, 5.74) is -0.888. The van der Waals surface area contributed by atoms with Crippen molar-refractivity contribution in [3.63, 3.8) is 0 Å². The molecule has 4 fully saturated rings. The fourth-order valence-electron chi connectivity index (χ4n) is 8.65. The van der Waals surface area contributed by atoms with Crippen molar-refractivity contribution in [2.24, 2.45) is 23.7 Å². The summed E-state index contributed by atoms with van der Waals surface area (Å²) < 4.78 is 44.6. The molecular weight excluding hydrogens is 775 g/mol. The van der Waals surface area contributed by atoms with Crippen molar-refractivity contribution < 1.29 is 46.6 Å². The van der Waals surface area contributed by atoms with Crippen LogP contribution in [-0.4, -0.2) is 102 Å². The lowest BCUT2D eigenvalue weighted by Gasteiger charge is -2.32. The number of thiazole rings is 1. The molecule has 57 heavy (non-hydrogen) atoms. The first-order valence-corrected chi connectivity index (χ1v) is 22.3. The third kappa shape index (κ3) is 8.14. The number of nitrogens with one attached hydrogen (secondary N) is 2. The number of nitrogens with zero attached hydrogens (tertiary/aromatic N) is 3. The fraction of sp³-hybridized carbons (Fsp3) is 0.600. The fourth-order valence-corrected chi connectivity index (χ4v) is 10.8. The lowest BCUT2D eigenvalue weighted by molar-refractivity contribution is -0.159. The predicted octanol–water partition coefficient (Wildman–Crippen LogP) is 3.79. The highest BCUT2D eigenvalue weighted by molar-refractivity contribution is 7.91. The van der Waals surface area contributed by atoms with Crippen LogP contribution < -0.4 is 19.5 Å². The SMILES string of the molecule is CC(C)(C)OC(=O)C[C@H]1CCCCC/C=C\[C@@H]2C[C@@]2(C(=O)NS(=O)(=O)C2CC2)NC(=O)[C@@H]2[C@H]3CN(C(=O)c4nc(-c5ccc6c(c5)OCO6)cs4)C[C@H]3CN2C1=O. The molecule has 1 aromatic heterocycles. The van der Waals surface area contributed by atoms with E-state index in [9.17, 15) is 32.4 Å². The summed E-state index contributed by atoms with van der Waals surface area (Å²) in [6.45, 7) is 6.02. The molecule has 6 atom stereocenters. The number of esters is 1. The largest absolute Gasteiger partial charge is 0.460 e. The molecule has 4 aliphatic heterocycles. The summed E-state index contributed by atoms with van der Waals surface area (Å²) in [4.78, 5) is 78.1. The summed E-state index contributed by atoms with van der Waals surface area (Å²) in [7, 11) is -3.91.